The molecule has 0 radical (unpaired) electrons. The Kier molecular flexibility index (Phi) is 38.2. The fourth-order valence-corrected chi connectivity index (χ4v) is 6.10. The molecule has 0 aromatic rings. The smallest absolute Gasteiger partial charge is 0.306 e. The van der Waals surface area contributed by atoms with Gasteiger partial charge in [-0.3, -0.25) is 14.2 Å². The Labute approximate surface area is 360 Å². The number of ether oxygens (including phenoxy) is 2. The first-order chi connectivity index (χ1) is 28.5. The van der Waals surface area contributed by atoms with E-state index in [4.69, 9.17) is 18.5 Å². The second-order valence-corrected chi connectivity index (χ2v) is 17.1. The van der Waals surface area contributed by atoms with E-state index in [0.29, 0.717) is 17.4 Å². The molecular formula is C49H82NO8P. The van der Waals surface area contributed by atoms with E-state index >= 15 is 0 Å². The van der Waals surface area contributed by atoms with Crippen LogP contribution in [-0.4, -0.2) is 70.0 Å². The molecule has 0 aromatic carbocycles. The molecule has 0 saturated heterocycles. The summed E-state index contributed by atoms with van der Waals surface area (Å²) in [6.45, 7) is 3.98. The van der Waals surface area contributed by atoms with E-state index in [2.05, 4.69) is 111 Å². The van der Waals surface area contributed by atoms with E-state index in [1.165, 1.54) is 6.42 Å². The number of carbonyl (C=O) groups is 2. The van der Waals surface area contributed by atoms with Gasteiger partial charge in [-0.15, -0.1) is 0 Å². The molecular weight excluding hydrogens is 762 g/mol. The summed E-state index contributed by atoms with van der Waals surface area (Å²) in [5, 5.41) is 0. The highest BCUT2D eigenvalue weighted by atomic mass is 31.2. The summed E-state index contributed by atoms with van der Waals surface area (Å²) in [6.07, 6.45) is 53.3. The van der Waals surface area contributed by atoms with Gasteiger partial charge in [0.1, 0.15) is 19.8 Å². The van der Waals surface area contributed by atoms with Gasteiger partial charge in [0.25, 0.3) is 7.82 Å². The van der Waals surface area contributed by atoms with Crippen molar-refractivity contribution in [2.24, 2.45) is 0 Å². The van der Waals surface area contributed by atoms with Crippen LogP contribution in [0.2, 0.25) is 0 Å². The fourth-order valence-electron chi connectivity index (χ4n) is 5.37. The van der Waals surface area contributed by atoms with E-state index in [9.17, 15) is 19.0 Å². The van der Waals surface area contributed by atoms with Crippen LogP contribution in [0.1, 0.15) is 149 Å². The predicted octanol–water partition coefficient (Wildman–Crippen LogP) is 12.3. The summed E-state index contributed by atoms with van der Waals surface area (Å²) in [5.41, 5.74) is 0. The van der Waals surface area contributed by atoms with Crippen LogP contribution in [0.25, 0.3) is 0 Å². The molecule has 0 saturated carbocycles. The number of carbonyl (C=O) groups excluding carboxylic acids is 2. The highest BCUT2D eigenvalue weighted by molar-refractivity contribution is 7.45. The van der Waals surface area contributed by atoms with Gasteiger partial charge in [0, 0.05) is 12.8 Å². The number of likely N-dealkylation sites (N-methyl/N-ethyl adjacent to an activating group) is 1. The lowest BCUT2D eigenvalue weighted by Crippen LogP contribution is -2.37. The molecule has 336 valence electrons. The molecule has 0 N–H and O–H groups in total. The number of nitrogens with zero attached hydrogens (tertiary/aromatic N) is 1. The highest BCUT2D eigenvalue weighted by Gasteiger charge is 2.21. The van der Waals surface area contributed by atoms with Gasteiger partial charge in [-0.2, -0.15) is 0 Å². The highest BCUT2D eigenvalue weighted by Crippen LogP contribution is 2.38. The average molecular weight is 844 g/mol. The Morgan fingerprint density at radius 1 is 0.542 bits per heavy atom. The van der Waals surface area contributed by atoms with Crippen molar-refractivity contribution in [1.82, 2.24) is 0 Å². The minimum absolute atomic E-state index is 0.0411. The predicted molar refractivity (Wildman–Crippen MR) is 245 cm³/mol. The van der Waals surface area contributed by atoms with Crippen molar-refractivity contribution in [2.75, 3.05) is 47.5 Å². The van der Waals surface area contributed by atoms with Crippen LogP contribution in [0.3, 0.4) is 0 Å². The molecule has 0 rings (SSSR count). The molecule has 0 aromatic heterocycles. The largest absolute Gasteiger partial charge is 0.756 e. The molecule has 0 spiro atoms. The normalized spacial score (nSPS) is 14.5. The summed E-state index contributed by atoms with van der Waals surface area (Å²) < 4.78 is 33.7. The van der Waals surface area contributed by atoms with Crippen LogP contribution in [-0.2, 0) is 32.7 Å². The number of rotatable bonds is 39. The summed E-state index contributed by atoms with van der Waals surface area (Å²) in [5.74, 6) is -0.884. The Morgan fingerprint density at radius 3 is 1.44 bits per heavy atom. The monoisotopic (exact) mass is 844 g/mol. The lowest BCUT2D eigenvalue weighted by molar-refractivity contribution is -0.870. The summed E-state index contributed by atoms with van der Waals surface area (Å²) in [4.78, 5) is 37.2. The lowest BCUT2D eigenvalue weighted by Gasteiger charge is -2.28. The maximum Gasteiger partial charge on any atom is 0.306 e. The van der Waals surface area contributed by atoms with Gasteiger partial charge in [-0.1, -0.05) is 156 Å². The molecule has 2 atom stereocenters. The van der Waals surface area contributed by atoms with Gasteiger partial charge in [0.15, 0.2) is 6.10 Å². The first-order valence-corrected chi connectivity index (χ1v) is 23.9. The number of hydrogen-bond acceptors (Lipinski definition) is 8. The van der Waals surface area contributed by atoms with Gasteiger partial charge >= 0.3 is 11.9 Å². The van der Waals surface area contributed by atoms with Crippen LogP contribution in [0, 0.1) is 0 Å². The summed E-state index contributed by atoms with van der Waals surface area (Å²) in [7, 11) is 1.13. The van der Waals surface area contributed by atoms with Gasteiger partial charge in [0.2, 0.25) is 0 Å². The van der Waals surface area contributed by atoms with Crippen molar-refractivity contribution in [3.8, 4) is 0 Å². The topological polar surface area (TPSA) is 111 Å². The van der Waals surface area contributed by atoms with Crippen molar-refractivity contribution >= 4 is 19.8 Å². The molecule has 0 aliphatic rings. The van der Waals surface area contributed by atoms with Crippen LogP contribution in [0.4, 0.5) is 0 Å². The lowest BCUT2D eigenvalue weighted by atomic mass is 10.1. The first-order valence-electron chi connectivity index (χ1n) is 22.4. The van der Waals surface area contributed by atoms with Gasteiger partial charge in [-0.05, 0) is 77.0 Å². The zero-order valence-electron chi connectivity index (χ0n) is 37.7. The molecule has 0 bridgehead atoms. The quantitative estimate of drug-likeness (QED) is 0.0198. The van der Waals surface area contributed by atoms with Crippen LogP contribution in [0.5, 0.6) is 0 Å². The molecule has 9 nitrogen and oxygen atoms in total. The van der Waals surface area contributed by atoms with Gasteiger partial charge in [-0.25, -0.2) is 0 Å². The summed E-state index contributed by atoms with van der Waals surface area (Å²) in [6, 6.07) is 0. The van der Waals surface area contributed by atoms with Crippen molar-refractivity contribution in [2.45, 2.75) is 155 Å². The molecule has 0 aliphatic heterocycles. The van der Waals surface area contributed by atoms with E-state index in [-0.39, 0.29) is 26.1 Å². The Morgan fingerprint density at radius 2 is 0.966 bits per heavy atom. The third-order valence-corrected chi connectivity index (χ3v) is 9.83. The van der Waals surface area contributed by atoms with Crippen LogP contribution in [0.15, 0.2) is 97.2 Å². The minimum Gasteiger partial charge on any atom is -0.756 e. The Bertz CT molecular complexity index is 1320. The zero-order chi connectivity index (χ0) is 43.6. The number of quaternary nitrogens is 1. The number of esters is 2. The van der Waals surface area contributed by atoms with E-state index < -0.39 is 32.5 Å². The second kappa shape index (κ2) is 40.3. The van der Waals surface area contributed by atoms with Crippen molar-refractivity contribution < 1.29 is 42.1 Å². The number of phosphoric ester groups is 1. The molecule has 0 heterocycles. The maximum absolute atomic E-state index is 12.6. The molecule has 0 fully saturated rings. The van der Waals surface area contributed by atoms with Crippen molar-refractivity contribution in [1.29, 1.82) is 0 Å². The number of hydrogen-bond donors (Lipinski definition) is 0. The number of allylic oxidation sites excluding steroid dienone is 16. The molecule has 10 heteroatoms. The molecule has 59 heavy (non-hydrogen) atoms. The maximum atomic E-state index is 12.6. The third-order valence-electron chi connectivity index (χ3n) is 8.87. The van der Waals surface area contributed by atoms with E-state index in [1.54, 1.807) is 0 Å². The second-order valence-electron chi connectivity index (χ2n) is 15.7. The molecule has 0 aliphatic carbocycles. The zero-order valence-corrected chi connectivity index (χ0v) is 38.5. The van der Waals surface area contributed by atoms with Gasteiger partial charge < -0.3 is 27.9 Å². The van der Waals surface area contributed by atoms with Gasteiger partial charge in [0.05, 0.1) is 27.7 Å². The van der Waals surface area contributed by atoms with Crippen molar-refractivity contribution in [3.63, 3.8) is 0 Å². The average Bonchev–Trinajstić information content (AvgIpc) is 3.19. The SMILES string of the molecule is CC/C=C\C/C=C\C/C=C\C/C=C\C/C=C\C/C=C\C/C=C\C/C=C\CCCCCCC(=O)OC(COC(=O)CCCCCCCC)COP(=O)([O-])OCC[N+](C)(C)C. The number of phosphoric acid groups is 1. The fraction of sp³-hybridized carbons (Fsp3) is 0.633. The van der Waals surface area contributed by atoms with E-state index in [0.717, 1.165) is 109 Å². The van der Waals surface area contributed by atoms with E-state index in [1.807, 2.05) is 21.1 Å². The van der Waals surface area contributed by atoms with Crippen molar-refractivity contribution in [3.05, 3.63) is 97.2 Å². The third kappa shape index (κ3) is 44.3. The van der Waals surface area contributed by atoms with Crippen LogP contribution >= 0.6 is 7.82 Å². The minimum atomic E-state index is -4.63. The Hall–Kier alpha value is -3.07. The first kappa shape index (κ1) is 55.9. The Balaban J connectivity index is 4.23. The summed E-state index contributed by atoms with van der Waals surface area (Å²) >= 11 is 0. The standard InChI is InChI=1S/C49H82NO8P/c1-6-8-10-12-14-15-16-17-18-19-20-21-22-23-24-25-26-27-28-29-30-31-32-33-34-35-36-38-40-42-49(52)58-47(45-55-48(51)41-39-37-13-11-9-7-2)46-57-59(53,54)56-44-43-50(3,4)5/h8,10,14-15,17-18,20-21,23-24,26-27,29-30,32-33,47H,6-7,9,11-13,16,19,22,25,28,31,34-46H2,1-5H3/b10-8-,15-14-,18-17-,21-20-,24-23-,27-26-,30-29-,33-32-. The molecule has 0 amide bonds. The molecule has 2 unspecified atom stereocenters. The number of unbranched alkanes of at least 4 members (excludes halogenated alkanes) is 9. The van der Waals surface area contributed by atoms with Crippen LogP contribution < -0.4 is 4.89 Å².